The van der Waals surface area contributed by atoms with Gasteiger partial charge in [0.05, 0.1) is 17.2 Å². The quantitative estimate of drug-likeness (QED) is 0.664. The summed E-state index contributed by atoms with van der Waals surface area (Å²) in [6.07, 6.45) is 11.2. The Morgan fingerprint density at radius 1 is 1.29 bits per heavy atom. The van der Waals surface area contributed by atoms with Crippen LogP contribution in [-0.2, 0) is 0 Å². The highest BCUT2D eigenvalue weighted by Crippen LogP contribution is 2.28. The summed E-state index contributed by atoms with van der Waals surface area (Å²) in [4.78, 5) is 7.54. The Morgan fingerprint density at radius 3 is 2.92 bits per heavy atom. The lowest BCUT2D eigenvalue weighted by Gasteiger charge is -2.04. The number of fused-ring (bicyclic) bond motifs is 1. The normalized spacial score (nSPS) is 11.8. The number of rotatable bonds is 4. The van der Waals surface area contributed by atoms with Gasteiger partial charge < -0.3 is 4.98 Å². The highest BCUT2D eigenvalue weighted by atomic mass is 14.7. The van der Waals surface area contributed by atoms with Crippen LogP contribution < -0.4 is 0 Å². The van der Waals surface area contributed by atoms with E-state index in [0.717, 1.165) is 33.3 Å². The minimum absolute atomic E-state index is 0.601. The molecule has 3 rings (SSSR count). The summed E-state index contributed by atoms with van der Waals surface area (Å²) in [5.74, 6) is 0. The van der Waals surface area contributed by atoms with Gasteiger partial charge in [-0.2, -0.15) is 5.26 Å². The number of hydrogen-bond acceptors (Lipinski definition) is 2. The zero-order valence-electron chi connectivity index (χ0n) is 13.5. The van der Waals surface area contributed by atoms with Gasteiger partial charge in [-0.15, -0.1) is 0 Å². The van der Waals surface area contributed by atoms with E-state index in [1.165, 1.54) is 0 Å². The number of H-pyrrole nitrogens is 1. The Hall–Kier alpha value is -3.38. The molecule has 0 saturated heterocycles. The van der Waals surface area contributed by atoms with E-state index in [2.05, 4.69) is 22.6 Å². The average Bonchev–Trinajstić information content (AvgIpc) is 3.03. The van der Waals surface area contributed by atoms with Crippen LogP contribution in [0.1, 0.15) is 29.3 Å². The zero-order chi connectivity index (χ0) is 16.9. The van der Waals surface area contributed by atoms with E-state index in [1.54, 1.807) is 12.3 Å². The molecule has 3 aromatic rings. The number of allylic oxidation sites excluding steroid dienone is 2. The molecule has 3 heteroatoms. The molecule has 0 aliphatic carbocycles. The molecular formula is C21H17N3. The first kappa shape index (κ1) is 15.5. The molecule has 1 aromatic carbocycles. The van der Waals surface area contributed by atoms with E-state index < -0.39 is 0 Å². The molecule has 3 nitrogen and oxygen atoms in total. The summed E-state index contributed by atoms with van der Waals surface area (Å²) in [7, 11) is 0. The summed E-state index contributed by atoms with van der Waals surface area (Å²) >= 11 is 0. The Bertz CT molecular complexity index is 992. The van der Waals surface area contributed by atoms with Crippen molar-refractivity contribution in [2.45, 2.75) is 6.92 Å². The molecule has 2 aromatic heterocycles. The maximum atomic E-state index is 9.69. The fourth-order valence-corrected chi connectivity index (χ4v) is 2.77. The summed E-state index contributed by atoms with van der Waals surface area (Å²) in [6.45, 7) is 5.78. The van der Waals surface area contributed by atoms with Gasteiger partial charge in [0.2, 0.25) is 0 Å². The SMILES string of the molecule is C=Cc1[nH]cc(/C(C#N)=C/c2cccc3ncccc23)c1/C=C\C. The molecule has 0 saturated carbocycles. The second-order valence-corrected chi connectivity index (χ2v) is 5.32. The first-order valence-electron chi connectivity index (χ1n) is 7.71. The molecule has 0 radical (unpaired) electrons. The molecule has 0 aliphatic rings. The molecule has 0 atom stereocenters. The Labute approximate surface area is 141 Å². The van der Waals surface area contributed by atoms with Crippen molar-refractivity contribution in [1.29, 1.82) is 5.26 Å². The minimum Gasteiger partial charge on any atom is -0.361 e. The standard InChI is InChI=1S/C21H17N3/c1-3-7-18-19(14-24-20(18)4-2)16(13-22)12-15-8-5-10-21-17(15)9-6-11-23-21/h3-12,14,24H,2H2,1H3/b7-3-,16-12+. The summed E-state index contributed by atoms with van der Waals surface area (Å²) in [5, 5.41) is 10.7. The van der Waals surface area contributed by atoms with Crippen LogP contribution in [0.15, 0.2) is 55.4 Å². The van der Waals surface area contributed by atoms with E-state index in [1.807, 2.05) is 61.7 Å². The Balaban J connectivity index is 2.19. The number of pyridine rings is 1. The van der Waals surface area contributed by atoms with Crippen molar-refractivity contribution < 1.29 is 0 Å². The molecule has 0 fully saturated rings. The molecule has 0 spiro atoms. The lowest BCUT2D eigenvalue weighted by atomic mass is 9.99. The topological polar surface area (TPSA) is 52.5 Å². The highest BCUT2D eigenvalue weighted by molar-refractivity contribution is 5.99. The molecule has 0 aliphatic heterocycles. The first-order chi connectivity index (χ1) is 11.8. The highest BCUT2D eigenvalue weighted by Gasteiger charge is 2.11. The van der Waals surface area contributed by atoms with Crippen LogP contribution in [0.2, 0.25) is 0 Å². The van der Waals surface area contributed by atoms with Gasteiger partial charge in [0, 0.05) is 34.6 Å². The number of benzene rings is 1. The summed E-state index contributed by atoms with van der Waals surface area (Å²) < 4.78 is 0. The van der Waals surface area contributed by atoms with Crippen molar-refractivity contribution >= 4 is 34.7 Å². The van der Waals surface area contributed by atoms with Gasteiger partial charge in [-0.25, -0.2) is 0 Å². The predicted octanol–water partition coefficient (Wildman–Crippen LogP) is 5.30. The molecule has 0 unspecified atom stereocenters. The predicted molar refractivity (Wildman–Crippen MR) is 101 cm³/mol. The van der Waals surface area contributed by atoms with Gasteiger partial charge in [-0.05, 0) is 36.8 Å². The molecular weight excluding hydrogens is 294 g/mol. The van der Waals surface area contributed by atoms with Crippen molar-refractivity contribution in [2.75, 3.05) is 0 Å². The second kappa shape index (κ2) is 6.80. The fourth-order valence-electron chi connectivity index (χ4n) is 2.77. The van der Waals surface area contributed by atoms with Crippen molar-refractivity contribution in [1.82, 2.24) is 9.97 Å². The number of aromatic nitrogens is 2. The zero-order valence-corrected chi connectivity index (χ0v) is 13.5. The minimum atomic E-state index is 0.601. The number of nitriles is 1. The third-order valence-corrected chi connectivity index (χ3v) is 3.88. The summed E-state index contributed by atoms with van der Waals surface area (Å²) in [5.41, 5.74) is 5.24. The van der Waals surface area contributed by atoms with Crippen LogP contribution >= 0.6 is 0 Å². The van der Waals surface area contributed by atoms with Crippen molar-refractivity contribution in [3.05, 3.63) is 77.8 Å². The van der Waals surface area contributed by atoms with Crippen molar-refractivity contribution in [3.63, 3.8) is 0 Å². The third-order valence-electron chi connectivity index (χ3n) is 3.88. The monoisotopic (exact) mass is 311 g/mol. The van der Waals surface area contributed by atoms with E-state index >= 15 is 0 Å². The van der Waals surface area contributed by atoms with Gasteiger partial charge in [0.15, 0.2) is 0 Å². The van der Waals surface area contributed by atoms with E-state index in [4.69, 9.17) is 0 Å². The van der Waals surface area contributed by atoms with Crippen LogP contribution in [0, 0.1) is 11.3 Å². The Morgan fingerprint density at radius 2 is 2.17 bits per heavy atom. The van der Waals surface area contributed by atoms with Gasteiger partial charge in [0.25, 0.3) is 0 Å². The van der Waals surface area contributed by atoms with Gasteiger partial charge in [-0.1, -0.05) is 36.9 Å². The van der Waals surface area contributed by atoms with Crippen LogP contribution in [0.5, 0.6) is 0 Å². The third kappa shape index (κ3) is 2.78. The van der Waals surface area contributed by atoms with Crippen LogP contribution in [0.3, 0.4) is 0 Å². The lowest BCUT2D eigenvalue weighted by Crippen LogP contribution is -1.86. The number of hydrogen-bond donors (Lipinski definition) is 1. The lowest BCUT2D eigenvalue weighted by molar-refractivity contribution is 1.37. The average molecular weight is 311 g/mol. The van der Waals surface area contributed by atoms with E-state index in [0.29, 0.717) is 5.57 Å². The maximum Gasteiger partial charge on any atom is 0.0998 e. The first-order valence-corrected chi connectivity index (χ1v) is 7.71. The van der Waals surface area contributed by atoms with Crippen molar-refractivity contribution in [2.24, 2.45) is 0 Å². The molecule has 1 N–H and O–H groups in total. The molecule has 2 heterocycles. The van der Waals surface area contributed by atoms with E-state index in [-0.39, 0.29) is 0 Å². The van der Waals surface area contributed by atoms with Gasteiger partial charge >= 0.3 is 0 Å². The molecule has 0 bridgehead atoms. The maximum absolute atomic E-state index is 9.69. The second-order valence-electron chi connectivity index (χ2n) is 5.32. The van der Waals surface area contributed by atoms with Gasteiger partial charge in [0.1, 0.15) is 0 Å². The Kier molecular flexibility index (Phi) is 4.40. The van der Waals surface area contributed by atoms with Crippen LogP contribution in [-0.4, -0.2) is 9.97 Å². The van der Waals surface area contributed by atoms with Crippen molar-refractivity contribution in [3.8, 4) is 6.07 Å². The number of aromatic amines is 1. The number of nitrogens with one attached hydrogen (secondary N) is 1. The smallest absolute Gasteiger partial charge is 0.0998 e. The fraction of sp³-hybridized carbons (Fsp3) is 0.0476. The van der Waals surface area contributed by atoms with Gasteiger partial charge in [-0.3, -0.25) is 4.98 Å². The van der Waals surface area contributed by atoms with Crippen LogP contribution in [0.4, 0.5) is 0 Å². The van der Waals surface area contributed by atoms with Crippen LogP contribution in [0.25, 0.3) is 34.7 Å². The molecule has 116 valence electrons. The summed E-state index contributed by atoms with van der Waals surface area (Å²) in [6, 6.07) is 12.2. The number of nitrogens with zero attached hydrogens (tertiary/aromatic N) is 2. The molecule has 24 heavy (non-hydrogen) atoms. The molecule has 0 amide bonds. The van der Waals surface area contributed by atoms with E-state index in [9.17, 15) is 5.26 Å². The largest absolute Gasteiger partial charge is 0.361 e.